The van der Waals surface area contributed by atoms with Gasteiger partial charge in [-0.1, -0.05) is 19.3 Å². The number of morpholine rings is 1. The first kappa shape index (κ1) is 12.3. The van der Waals surface area contributed by atoms with Gasteiger partial charge in [-0.05, 0) is 25.3 Å². The van der Waals surface area contributed by atoms with E-state index < -0.39 is 0 Å². The Hall–Kier alpha value is -0.120. The average molecular weight is 226 g/mol. The normalized spacial score (nSPS) is 26.8. The highest BCUT2D eigenvalue weighted by molar-refractivity contribution is 4.88. The lowest BCUT2D eigenvalue weighted by molar-refractivity contribution is 0.00766. The summed E-state index contributed by atoms with van der Waals surface area (Å²) in [4.78, 5) is 2.60. The summed E-state index contributed by atoms with van der Waals surface area (Å²) in [6.45, 7) is 6.57. The number of hydrogen-bond donors (Lipinski definition) is 1. The van der Waals surface area contributed by atoms with E-state index in [9.17, 15) is 0 Å². The van der Waals surface area contributed by atoms with Crippen LogP contribution in [0.15, 0.2) is 0 Å². The Balaban J connectivity index is 1.89. The van der Waals surface area contributed by atoms with Gasteiger partial charge in [-0.2, -0.15) is 0 Å². The molecule has 2 fully saturated rings. The summed E-state index contributed by atoms with van der Waals surface area (Å²) in [5.74, 6) is 0. The molecule has 1 aliphatic heterocycles. The maximum atomic E-state index is 5.42. The molecule has 3 nitrogen and oxygen atoms in total. The van der Waals surface area contributed by atoms with Crippen LogP contribution in [0.5, 0.6) is 0 Å². The number of rotatable bonds is 4. The molecule has 2 aliphatic rings. The van der Waals surface area contributed by atoms with Crippen molar-refractivity contribution in [2.45, 2.75) is 32.1 Å². The van der Waals surface area contributed by atoms with Crippen molar-refractivity contribution < 1.29 is 4.74 Å². The molecule has 0 aromatic rings. The van der Waals surface area contributed by atoms with Crippen molar-refractivity contribution >= 4 is 0 Å². The Bertz CT molecular complexity index is 191. The molecule has 1 aliphatic carbocycles. The lowest BCUT2D eigenvalue weighted by Crippen LogP contribution is -2.48. The third-order valence-electron chi connectivity index (χ3n) is 4.13. The van der Waals surface area contributed by atoms with Crippen LogP contribution in [0.25, 0.3) is 0 Å². The van der Waals surface area contributed by atoms with Crippen molar-refractivity contribution in [2.24, 2.45) is 5.41 Å². The lowest BCUT2D eigenvalue weighted by Gasteiger charge is -2.42. The first-order valence-electron chi connectivity index (χ1n) is 6.79. The van der Waals surface area contributed by atoms with Crippen LogP contribution in [-0.4, -0.2) is 51.3 Å². The molecule has 94 valence electrons. The monoisotopic (exact) mass is 226 g/mol. The molecule has 1 heterocycles. The highest BCUT2D eigenvalue weighted by atomic mass is 16.5. The maximum absolute atomic E-state index is 5.42. The fourth-order valence-electron chi connectivity index (χ4n) is 3.30. The largest absolute Gasteiger partial charge is 0.379 e. The van der Waals surface area contributed by atoms with Crippen molar-refractivity contribution in [3.05, 3.63) is 0 Å². The van der Waals surface area contributed by atoms with Gasteiger partial charge in [-0.25, -0.2) is 0 Å². The van der Waals surface area contributed by atoms with E-state index in [1.54, 1.807) is 0 Å². The molecule has 0 spiro atoms. The Morgan fingerprint density at radius 3 is 2.44 bits per heavy atom. The zero-order valence-electron chi connectivity index (χ0n) is 10.6. The topological polar surface area (TPSA) is 24.5 Å². The van der Waals surface area contributed by atoms with E-state index in [1.165, 1.54) is 45.2 Å². The van der Waals surface area contributed by atoms with Gasteiger partial charge in [0.15, 0.2) is 0 Å². The van der Waals surface area contributed by atoms with Crippen LogP contribution in [0.4, 0.5) is 0 Å². The van der Waals surface area contributed by atoms with Crippen molar-refractivity contribution in [1.29, 1.82) is 0 Å². The summed E-state index contributed by atoms with van der Waals surface area (Å²) < 4.78 is 5.42. The molecule has 2 rings (SSSR count). The predicted octanol–water partition coefficient (Wildman–Crippen LogP) is 1.49. The summed E-state index contributed by atoms with van der Waals surface area (Å²) in [7, 11) is 2.09. The minimum Gasteiger partial charge on any atom is -0.379 e. The smallest absolute Gasteiger partial charge is 0.0594 e. The number of hydrogen-bond acceptors (Lipinski definition) is 3. The number of nitrogens with one attached hydrogen (secondary N) is 1. The molecule has 1 N–H and O–H groups in total. The van der Waals surface area contributed by atoms with E-state index >= 15 is 0 Å². The van der Waals surface area contributed by atoms with Gasteiger partial charge in [-0.3, -0.25) is 4.90 Å². The standard InChI is InChI=1S/C13H26N2O/c1-14-11-13(5-3-2-4-6-13)12-15-7-9-16-10-8-15/h14H,2-12H2,1H3. The molecule has 0 aromatic carbocycles. The fourth-order valence-corrected chi connectivity index (χ4v) is 3.30. The Labute approximate surface area is 99.5 Å². The van der Waals surface area contributed by atoms with Crippen molar-refractivity contribution in [3.8, 4) is 0 Å². The van der Waals surface area contributed by atoms with Crippen LogP contribution in [-0.2, 0) is 4.74 Å². The number of nitrogens with zero attached hydrogens (tertiary/aromatic N) is 1. The molecule has 0 radical (unpaired) electrons. The van der Waals surface area contributed by atoms with Gasteiger partial charge in [0.1, 0.15) is 0 Å². The summed E-state index contributed by atoms with van der Waals surface area (Å²) >= 11 is 0. The molecule has 0 amide bonds. The molecule has 1 saturated heterocycles. The van der Waals surface area contributed by atoms with Gasteiger partial charge >= 0.3 is 0 Å². The zero-order chi connectivity index (χ0) is 11.3. The Kier molecular flexibility index (Phi) is 4.62. The molecule has 0 bridgehead atoms. The van der Waals surface area contributed by atoms with Crippen LogP contribution in [0, 0.1) is 5.41 Å². The van der Waals surface area contributed by atoms with Crippen molar-refractivity contribution in [3.63, 3.8) is 0 Å². The molecule has 0 unspecified atom stereocenters. The highest BCUT2D eigenvalue weighted by Crippen LogP contribution is 2.36. The van der Waals surface area contributed by atoms with E-state index in [-0.39, 0.29) is 0 Å². The summed E-state index contributed by atoms with van der Waals surface area (Å²) in [5.41, 5.74) is 0.546. The van der Waals surface area contributed by atoms with Crippen LogP contribution in [0.1, 0.15) is 32.1 Å². The second-order valence-electron chi connectivity index (χ2n) is 5.48. The van der Waals surface area contributed by atoms with E-state index in [1.807, 2.05) is 0 Å². The Morgan fingerprint density at radius 1 is 1.12 bits per heavy atom. The van der Waals surface area contributed by atoms with Crippen molar-refractivity contribution in [1.82, 2.24) is 10.2 Å². The molecular weight excluding hydrogens is 200 g/mol. The van der Waals surface area contributed by atoms with Crippen LogP contribution in [0.2, 0.25) is 0 Å². The molecule has 16 heavy (non-hydrogen) atoms. The first-order valence-corrected chi connectivity index (χ1v) is 6.79. The van der Waals surface area contributed by atoms with E-state index in [0.717, 1.165) is 26.3 Å². The minimum absolute atomic E-state index is 0.546. The van der Waals surface area contributed by atoms with Gasteiger partial charge in [0.05, 0.1) is 13.2 Å². The quantitative estimate of drug-likeness (QED) is 0.786. The second-order valence-corrected chi connectivity index (χ2v) is 5.48. The lowest BCUT2D eigenvalue weighted by atomic mass is 9.73. The molecule has 0 atom stereocenters. The van der Waals surface area contributed by atoms with Gasteiger partial charge < -0.3 is 10.1 Å². The highest BCUT2D eigenvalue weighted by Gasteiger charge is 2.33. The molecule has 0 aromatic heterocycles. The van der Waals surface area contributed by atoms with Crippen molar-refractivity contribution in [2.75, 3.05) is 46.4 Å². The molecule has 3 heteroatoms. The summed E-state index contributed by atoms with van der Waals surface area (Å²) in [5, 5.41) is 3.41. The van der Waals surface area contributed by atoms with Crippen LogP contribution < -0.4 is 5.32 Å². The van der Waals surface area contributed by atoms with Crippen LogP contribution in [0.3, 0.4) is 0 Å². The third-order valence-corrected chi connectivity index (χ3v) is 4.13. The van der Waals surface area contributed by atoms with Gasteiger partial charge in [0.25, 0.3) is 0 Å². The van der Waals surface area contributed by atoms with Gasteiger partial charge in [0.2, 0.25) is 0 Å². The van der Waals surface area contributed by atoms with E-state index in [0.29, 0.717) is 5.41 Å². The summed E-state index contributed by atoms with van der Waals surface area (Å²) in [6.07, 6.45) is 7.10. The summed E-state index contributed by atoms with van der Waals surface area (Å²) in [6, 6.07) is 0. The minimum atomic E-state index is 0.546. The number of ether oxygens (including phenoxy) is 1. The van der Waals surface area contributed by atoms with Crippen LogP contribution >= 0.6 is 0 Å². The maximum Gasteiger partial charge on any atom is 0.0594 e. The first-order chi connectivity index (χ1) is 7.85. The predicted molar refractivity (Wildman–Crippen MR) is 66.7 cm³/mol. The SMILES string of the molecule is CNCC1(CN2CCOCC2)CCCCC1. The third kappa shape index (κ3) is 3.19. The zero-order valence-corrected chi connectivity index (χ0v) is 10.6. The van der Waals surface area contributed by atoms with Gasteiger partial charge in [-0.15, -0.1) is 0 Å². The Morgan fingerprint density at radius 2 is 1.81 bits per heavy atom. The fraction of sp³-hybridized carbons (Fsp3) is 1.00. The average Bonchev–Trinajstić information content (AvgIpc) is 2.31. The van der Waals surface area contributed by atoms with E-state index in [2.05, 4.69) is 17.3 Å². The van der Waals surface area contributed by atoms with Gasteiger partial charge in [0, 0.05) is 26.2 Å². The van der Waals surface area contributed by atoms with E-state index in [4.69, 9.17) is 4.74 Å². The molecular formula is C13H26N2O. The second kappa shape index (κ2) is 5.99. The molecule has 1 saturated carbocycles.